The quantitative estimate of drug-likeness (QED) is 0.871. The number of rotatable bonds is 5. The van der Waals surface area contributed by atoms with Gasteiger partial charge >= 0.3 is 0 Å². The first-order chi connectivity index (χ1) is 10.6. The maximum atomic E-state index is 14.0. The van der Waals surface area contributed by atoms with E-state index in [-0.39, 0.29) is 23.7 Å². The number of benzene rings is 1. The molecule has 1 aliphatic heterocycles. The second-order valence-electron chi connectivity index (χ2n) is 6.52. The van der Waals surface area contributed by atoms with Gasteiger partial charge in [0.25, 0.3) is 0 Å². The van der Waals surface area contributed by atoms with E-state index in [1.807, 2.05) is 0 Å². The van der Waals surface area contributed by atoms with Gasteiger partial charge in [-0.3, -0.25) is 4.79 Å². The van der Waals surface area contributed by atoms with Crippen LogP contribution in [0, 0.1) is 11.2 Å². The predicted molar refractivity (Wildman–Crippen MR) is 79.9 cm³/mol. The van der Waals surface area contributed by atoms with Crippen LogP contribution in [0.5, 0.6) is 0 Å². The van der Waals surface area contributed by atoms with Crippen molar-refractivity contribution in [1.29, 1.82) is 0 Å². The molecule has 22 heavy (non-hydrogen) atoms. The van der Waals surface area contributed by atoms with E-state index in [2.05, 4.69) is 5.32 Å². The molecule has 1 saturated heterocycles. The molecule has 0 bridgehead atoms. The molecule has 3 rings (SSSR count). The second kappa shape index (κ2) is 5.97. The highest BCUT2D eigenvalue weighted by atomic mass is 19.1. The van der Waals surface area contributed by atoms with E-state index < -0.39 is 5.41 Å². The third-order valence-electron chi connectivity index (χ3n) is 5.09. The Morgan fingerprint density at radius 2 is 1.91 bits per heavy atom. The fourth-order valence-corrected chi connectivity index (χ4v) is 3.23. The van der Waals surface area contributed by atoms with Crippen molar-refractivity contribution in [3.8, 4) is 0 Å². The first kappa shape index (κ1) is 15.4. The van der Waals surface area contributed by atoms with Gasteiger partial charge in [-0.15, -0.1) is 0 Å². The van der Waals surface area contributed by atoms with Crippen molar-refractivity contribution in [1.82, 2.24) is 5.32 Å². The molecule has 1 heterocycles. The van der Waals surface area contributed by atoms with Crippen LogP contribution in [0.4, 0.5) is 4.39 Å². The molecule has 0 atom stereocenters. The highest BCUT2D eigenvalue weighted by Gasteiger charge is 2.53. The van der Waals surface area contributed by atoms with Crippen molar-refractivity contribution in [2.45, 2.75) is 31.1 Å². The van der Waals surface area contributed by atoms with Gasteiger partial charge < -0.3 is 15.2 Å². The highest BCUT2D eigenvalue weighted by Crippen LogP contribution is 2.49. The van der Waals surface area contributed by atoms with Gasteiger partial charge in [0.05, 0.1) is 12.0 Å². The molecule has 0 unspecified atom stereocenters. The lowest BCUT2D eigenvalue weighted by atomic mass is 9.80. The Morgan fingerprint density at radius 1 is 1.23 bits per heavy atom. The first-order valence-corrected chi connectivity index (χ1v) is 7.84. The fraction of sp³-hybridized carbons (Fsp3) is 0.588. The summed E-state index contributed by atoms with van der Waals surface area (Å²) in [4.78, 5) is 12.6. The van der Waals surface area contributed by atoms with Gasteiger partial charge in [-0.1, -0.05) is 18.2 Å². The van der Waals surface area contributed by atoms with E-state index in [9.17, 15) is 14.3 Å². The van der Waals surface area contributed by atoms with Crippen molar-refractivity contribution in [2.24, 2.45) is 5.41 Å². The number of aliphatic hydroxyl groups excluding tert-OH is 1. The standard InChI is InChI=1S/C17H22FNO3/c18-14-4-2-1-3-13(14)17(5-6-17)15(21)19-11-16(12-20)7-9-22-10-8-16/h1-4,20H,5-12H2,(H,19,21). The minimum atomic E-state index is -0.715. The number of ether oxygens (including phenoxy) is 1. The van der Waals surface area contributed by atoms with Crippen molar-refractivity contribution in [3.05, 3.63) is 35.6 Å². The molecule has 0 radical (unpaired) electrons. The minimum absolute atomic E-state index is 0.0311. The summed E-state index contributed by atoms with van der Waals surface area (Å²) in [5, 5.41) is 12.6. The Labute approximate surface area is 129 Å². The van der Waals surface area contributed by atoms with Gasteiger partial charge in [0.15, 0.2) is 0 Å². The van der Waals surface area contributed by atoms with Gasteiger partial charge in [0.2, 0.25) is 5.91 Å². The third-order valence-corrected chi connectivity index (χ3v) is 5.09. The number of halogens is 1. The number of carbonyl (C=O) groups excluding carboxylic acids is 1. The zero-order valence-corrected chi connectivity index (χ0v) is 12.6. The van der Waals surface area contributed by atoms with Crippen LogP contribution in [0.1, 0.15) is 31.2 Å². The van der Waals surface area contributed by atoms with E-state index in [0.29, 0.717) is 38.2 Å². The summed E-state index contributed by atoms with van der Waals surface area (Å²) >= 11 is 0. The van der Waals surface area contributed by atoms with Crippen LogP contribution < -0.4 is 5.32 Å². The Bertz CT molecular complexity index is 551. The molecule has 0 aromatic heterocycles. The Kier molecular flexibility index (Phi) is 4.19. The van der Waals surface area contributed by atoms with Gasteiger partial charge in [0, 0.05) is 30.7 Å². The third kappa shape index (κ3) is 2.75. The normalized spacial score (nSPS) is 22.1. The zero-order valence-electron chi connectivity index (χ0n) is 12.6. The maximum Gasteiger partial charge on any atom is 0.230 e. The lowest BCUT2D eigenvalue weighted by Crippen LogP contribution is -2.46. The molecule has 0 spiro atoms. The van der Waals surface area contributed by atoms with Crippen molar-refractivity contribution in [2.75, 3.05) is 26.4 Å². The van der Waals surface area contributed by atoms with E-state index in [1.165, 1.54) is 6.07 Å². The average Bonchev–Trinajstić information content (AvgIpc) is 3.36. The first-order valence-electron chi connectivity index (χ1n) is 7.84. The van der Waals surface area contributed by atoms with Crippen LogP contribution in [0.2, 0.25) is 0 Å². The minimum Gasteiger partial charge on any atom is -0.396 e. The summed E-state index contributed by atoms with van der Waals surface area (Å²) in [6.07, 6.45) is 2.82. The molecule has 2 aliphatic rings. The number of amides is 1. The molecular weight excluding hydrogens is 285 g/mol. The lowest BCUT2D eigenvalue weighted by molar-refractivity contribution is -0.125. The smallest absolute Gasteiger partial charge is 0.230 e. The highest BCUT2D eigenvalue weighted by molar-refractivity contribution is 5.91. The van der Waals surface area contributed by atoms with E-state index in [4.69, 9.17) is 4.74 Å². The zero-order chi connectivity index (χ0) is 15.6. The van der Waals surface area contributed by atoms with E-state index in [1.54, 1.807) is 18.2 Å². The number of aliphatic hydroxyl groups is 1. The van der Waals surface area contributed by atoms with E-state index >= 15 is 0 Å². The van der Waals surface area contributed by atoms with Crippen LogP contribution in [-0.4, -0.2) is 37.4 Å². The van der Waals surface area contributed by atoms with Crippen LogP contribution in [0.15, 0.2) is 24.3 Å². The topological polar surface area (TPSA) is 58.6 Å². The summed E-state index contributed by atoms with van der Waals surface area (Å²) in [5.41, 5.74) is -0.538. The molecule has 5 heteroatoms. The molecule has 1 saturated carbocycles. The maximum absolute atomic E-state index is 14.0. The summed E-state index contributed by atoms with van der Waals surface area (Å²) in [5.74, 6) is -0.449. The molecular formula is C17H22FNO3. The molecule has 2 fully saturated rings. The van der Waals surface area contributed by atoms with Crippen LogP contribution >= 0.6 is 0 Å². The van der Waals surface area contributed by atoms with Gasteiger partial charge in [0.1, 0.15) is 5.82 Å². The van der Waals surface area contributed by atoms with Crippen LogP contribution in [-0.2, 0) is 14.9 Å². The Morgan fingerprint density at radius 3 is 2.50 bits per heavy atom. The monoisotopic (exact) mass is 307 g/mol. The van der Waals surface area contributed by atoms with Gasteiger partial charge in [-0.05, 0) is 31.7 Å². The molecule has 1 amide bonds. The van der Waals surface area contributed by atoms with Gasteiger partial charge in [-0.2, -0.15) is 0 Å². The van der Waals surface area contributed by atoms with E-state index in [0.717, 1.165) is 12.8 Å². The largest absolute Gasteiger partial charge is 0.396 e. The van der Waals surface area contributed by atoms with Crippen molar-refractivity contribution >= 4 is 5.91 Å². The molecule has 1 aromatic carbocycles. The molecule has 1 aliphatic carbocycles. The van der Waals surface area contributed by atoms with Crippen LogP contribution in [0.3, 0.4) is 0 Å². The Balaban J connectivity index is 1.68. The molecule has 120 valence electrons. The summed E-state index contributed by atoms with van der Waals surface area (Å²) < 4.78 is 19.3. The number of hydrogen-bond acceptors (Lipinski definition) is 3. The predicted octanol–water partition coefficient (Wildman–Crippen LogP) is 1.76. The lowest BCUT2D eigenvalue weighted by Gasteiger charge is -2.36. The number of nitrogens with one attached hydrogen (secondary N) is 1. The Hall–Kier alpha value is -1.46. The average molecular weight is 307 g/mol. The molecule has 2 N–H and O–H groups in total. The van der Waals surface area contributed by atoms with Crippen molar-refractivity contribution in [3.63, 3.8) is 0 Å². The second-order valence-corrected chi connectivity index (χ2v) is 6.52. The molecule has 4 nitrogen and oxygen atoms in total. The van der Waals surface area contributed by atoms with Crippen molar-refractivity contribution < 1.29 is 19.0 Å². The fourth-order valence-electron chi connectivity index (χ4n) is 3.23. The summed E-state index contributed by atoms with van der Waals surface area (Å²) in [6.45, 7) is 1.66. The SMILES string of the molecule is O=C(NCC1(CO)CCOCC1)C1(c2ccccc2F)CC1. The van der Waals surface area contributed by atoms with Gasteiger partial charge in [-0.25, -0.2) is 4.39 Å². The number of hydrogen-bond donors (Lipinski definition) is 2. The summed E-state index contributed by atoms with van der Waals surface area (Å²) in [7, 11) is 0. The molecule has 1 aromatic rings. The summed E-state index contributed by atoms with van der Waals surface area (Å²) in [6, 6.07) is 6.49. The van der Waals surface area contributed by atoms with Crippen LogP contribution in [0.25, 0.3) is 0 Å². The number of carbonyl (C=O) groups is 1.